The lowest BCUT2D eigenvalue weighted by molar-refractivity contribution is -0.137. The summed E-state index contributed by atoms with van der Waals surface area (Å²) in [6.45, 7) is 5.75. The normalized spacial score (nSPS) is 21.9. The zero-order valence-electron chi connectivity index (χ0n) is 9.33. The van der Waals surface area contributed by atoms with Crippen molar-refractivity contribution >= 4 is 17.6 Å². The van der Waals surface area contributed by atoms with Gasteiger partial charge in [0.25, 0.3) is 0 Å². The summed E-state index contributed by atoms with van der Waals surface area (Å²) in [6.07, 6.45) is 0.605. The smallest absolute Gasteiger partial charge is 0.249 e. The average molecular weight is 211 g/mol. The molecule has 1 atom stereocenters. The van der Waals surface area contributed by atoms with E-state index in [-0.39, 0.29) is 30.3 Å². The third-order valence-electron chi connectivity index (χ3n) is 2.50. The highest BCUT2D eigenvalue weighted by Gasteiger charge is 2.34. The van der Waals surface area contributed by atoms with Gasteiger partial charge in [-0.05, 0) is 6.42 Å². The maximum atomic E-state index is 11.5. The van der Waals surface area contributed by atoms with Gasteiger partial charge in [-0.2, -0.15) is 0 Å². The molecule has 0 aromatic heterocycles. The zero-order valence-corrected chi connectivity index (χ0v) is 9.33. The van der Waals surface area contributed by atoms with E-state index in [1.165, 1.54) is 0 Å². The van der Waals surface area contributed by atoms with E-state index < -0.39 is 0 Å². The molecule has 0 aromatic carbocycles. The first-order valence-electron chi connectivity index (χ1n) is 5.16. The molecular weight excluding hydrogens is 194 g/mol. The quantitative estimate of drug-likeness (QED) is 0.393. The monoisotopic (exact) mass is 211 g/mol. The molecule has 5 heteroatoms. The minimum Gasteiger partial charge on any atom is -0.339 e. The summed E-state index contributed by atoms with van der Waals surface area (Å²) in [5.41, 5.74) is 0. The van der Waals surface area contributed by atoms with Gasteiger partial charge in [-0.3, -0.25) is 20.3 Å². The number of hydrogen-bond acceptors (Lipinski definition) is 3. The Hall–Kier alpha value is -1.39. The van der Waals surface area contributed by atoms with Gasteiger partial charge in [0.2, 0.25) is 11.8 Å². The molecule has 1 aliphatic rings. The van der Waals surface area contributed by atoms with Crippen LogP contribution in [0.2, 0.25) is 0 Å². The molecule has 5 nitrogen and oxygen atoms in total. The van der Waals surface area contributed by atoms with E-state index >= 15 is 0 Å². The molecular formula is C10H17N3O2. The predicted octanol–water partition coefficient (Wildman–Crippen LogP) is 0.357. The topological polar surface area (TPSA) is 73.3 Å². The lowest BCUT2D eigenvalue weighted by Crippen LogP contribution is -2.60. The maximum Gasteiger partial charge on any atom is 0.249 e. The van der Waals surface area contributed by atoms with Gasteiger partial charge in [-0.1, -0.05) is 20.8 Å². The molecule has 2 amide bonds. The number of carbonyl (C=O) groups is 2. The SMILES string of the molecule is CCC1C(=O)NC(=O)CN1C(=N)C(C)C. The van der Waals surface area contributed by atoms with Gasteiger partial charge >= 0.3 is 0 Å². The van der Waals surface area contributed by atoms with Gasteiger partial charge in [-0.25, -0.2) is 0 Å². The van der Waals surface area contributed by atoms with Gasteiger partial charge in [0.05, 0.1) is 12.4 Å². The first-order chi connectivity index (χ1) is 6.97. The van der Waals surface area contributed by atoms with Crippen LogP contribution < -0.4 is 5.32 Å². The summed E-state index contributed by atoms with van der Waals surface area (Å²) in [4.78, 5) is 24.3. The fourth-order valence-electron chi connectivity index (χ4n) is 1.66. The van der Waals surface area contributed by atoms with Gasteiger partial charge in [0, 0.05) is 5.92 Å². The van der Waals surface area contributed by atoms with Crippen molar-refractivity contribution in [2.24, 2.45) is 5.92 Å². The van der Waals surface area contributed by atoms with Crippen LogP contribution in [0.15, 0.2) is 0 Å². The molecule has 0 saturated carbocycles. The van der Waals surface area contributed by atoms with Crippen molar-refractivity contribution in [2.75, 3.05) is 6.54 Å². The van der Waals surface area contributed by atoms with Crippen LogP contribution in [0.25, 0.3) is 0 Å². The molecule has 1 fully saturated rings. The van der Waals surface area contributed by atoms with E-state index in [4.69, 9.17) is 5.41 Å². The van der Waals surface area contributed by atoms with Crippen molar-refractivity contribution in [1.82, 2.24) is 10.2 Å². The molecule has 1 rings (SSSR count). The van der Waals surface area contributed by atoms with Gasteiger partial charge in [0.1, 0.15) is 6.04 Å². The lowest BCUT2D eigenvalue weighted by Gasteiger charge is -2.36. The molecule has 1 aliphatic heterocycles. The number of hydrogen-bond donors (Lipinski definition) is 2. The number of carbonyl (C=O) groups excluding carboxylic acids is 2. The van der Waals surface area contributed by atoms with E-state index in [0.29, 0.717) is 12.3 Å². The Kier molecular flexibility index (Phi) is 3.44. The number of rotatable bonds is 2. The molecule has 0 aromatic rings. The molecule has 1 saturated heterocycles. The Morgan fingerprint density at radius 2 is 2.20 bits per heavy atom. The molecule has 0 aliphatic carbocycles. The van der Waals surface area contributed by atoms with Gasteiger partial charge in [-0.15, -0.1) is 0 Å². The van der Waals surface area contributed by atoms with Crippen molar-refractivity contribution in [3.05, 3.63) is 0 Å². The second kappa shape index (κ2) is 4.42. The first kappa shape index (κ1) is 11.7. The molecule has 2 N–H and O–H groups in total. The second-order valence-corrected chi connectivity index (χ2v) is 4.00. The van der Waals surface area contributed by atoms with Crippen LogP contribution in [-0.2, 0) is 9.59 Å². The van der Waals surface area contributed by atoms with Crippen molar-refractivity contribution in [2.45, 2.75) is 33.2 Å². The number of imide groups is 1. The molecule has 0 radical (unpaired) electrons. The zero-order chi connectivity index (χ0) is 11.6. The molecule has 1 heterocycles. The molecule has 15 heavy (non-hydrogen) atoms. The number of nitrogens with one attached hydrogen (secondary N) is 2. The highest BCUT2D eigenvalue weighted by Crippen LogP contribution is 2.13. The first-order valence-corrected chi connectivity index (χ1v) is 5.16. The number of amides is 2. The van der Waals surface area contributed by atoms with E-state index in [0.717, 1.165) is 0 Å². The molecule has 0 spiro atoms. The molecule has 84 valence electrons. The minimum absolute atomic E-state index is 0.0257. The lowest BCUT2D eigenvalue weighted by atomic mass is 10.1. The van der Waals surface area contributed by atoms with E-state index in [9.17, 15) is 9.59 Å². The molecule has 1 unspecified atom stereocenters. The average Bonchev–Trinajstić information content (AvgIpc) is 2.15. The van der Waals surface area contributed by atoms with Crippen LogP contribution in [0.5, 0.6) is 0 Å². The Labute approximate surface area is 89.3 Å². The van der Waals surface area contributed by atoms with E-state index in [1.807, 2.05) is 20.8 Å². The van der Waals surface area contributed by atoms with Crippen molar-refractivity contribution in [3.63, 3.8) is 0 Å². The third kappa shape index (κ3) is 2.34. The Balaban J connectivity index is 2.87. The Morgan fingerprint density at radius 1 is 1.60 bits per heavy atom. The van der Waals surface area contributed by atoms with E-state index in [1.54, 1.807) is 4.90 Å². The van der Waals surface area contributed by atoms with Crippen molar-refractivity contribution < 1.29 is 9.59 Å². The number of piperazine rings is 1. The summed E-state index contributed by atoms with van der Waals surface area (Å²) in [7, 11) is 0. The standard InChI is InChI=1S/C10H17N3O2/c1-4-7-10(15)12-8(14)5-13(7)9(11)6(2)3/h6-7,11H,4-5H2,1-3H3,(H,12,14,15). The summed E-state index contributed by atoms with van der Waals surface area (Å²) < 4.78 is 0. The van der Waals surface area contributed by atoms with Crippen LogP contribution >= 0.6 is 0 Å². The Morgan fingerprint density at radius 3 is 2.67 bits per heavy atom. The summed E-state index contributed by atoms with van der Waals surface area (Å²) in [5, 5.41) is 10.1. The van der Waals surface area contributed by atoms with Gasteiger partial charge < -0.3 is 4.90 Å². The van der Waals surface area contributed by atoms with Crippen LogP contribution in [0.4, 0.5) is 0 Å². The minimum atomic E-state index is -0.377. The summed E-state index contributed by atoms with van der Waals surface area (Å²) in [6, 6.07) is -0.377. The van der Waals surface area contributed by atoms with Crippen molar-refractivity contribution in [3.8, 4) is 0 Å². The number of amidine groups is 1. The largest absolute Gasteiger partial charge is 0.339 e. The van der Waals surface area contributed by atoms with Crippen LogP contribution in [0, 0.1) is 11.3 Å². The second-order valence-electron chi connectivity index (χ2n) is 4.00. The summed E-state index contributed by atoms with van der Waals surface area (Å²) >= 11 is 0. The van der Waals surface area contributed by atoms with Crippen LogP contribution in [0.3, 0.4) is 0 Å². The van der Waals surface area contributed by atoms with Gasteiger partial charge in [0.15, 0.2) is 0 Å². The highest BCUT2D eigenvalue weighted by atomic mass is 16.2. The maximum absolute atomic E-state index is 11.5. The molecule has 0 bridgehead atoms. The highest BCUT2D eigenvalue weighted by molar-refractivity contribution is 6.04. The van der Waals surface area contributed by atoms with E-state index in [2.05, 4.69) is 5.32 Å². The van der Waals surface area contributed by atoms with Crippen molar-refractivity contribution in [1.29, 1.82) is 5.41 Å². The van der Waals surface area contributed by atoms with Crippen LogP contribution in [-0.4, -0.2) is 35.1 Å². The Bertz CT molecular complexity index is 299. The van der Waals surface area contributed by atoms with Crippen LogP contribution in [0.1, 0.15) is 27.2 Å². The fourth-order valence-corrected chi connectivity index (χ4v) is 1.66. The summed E-state index contributed by atoms with van der Waals surface area (Å²) in [5.74, 6) is -0.239. The number of nitrogens with zero attached hydrogens (tertiary/aromatic N) is 1. The third-order valence-corrected chi connectivity index (χ3v) is 2.50. The predicted molar refractivity (Wildman–Crippen MR) is 56.5 cm³/mol. The fraction of sp³-hybridized carbons (Fsp3) is 0.700.